The van der Waals surface area contributed by atoms with Gasteiger partial charge in [0.05, 0.1) is 0 Å². The van der Waals surface area contributed by atoms with Crippen LogP contribution in [0.25, 0.3) is 0 Å². The lowest BCUT2D eigenvalue weighted by Crippen LogP contribution is -2.49. The minimum absolute atomic E-state index is 0.120. The van der Waals surface area contributed by atoms with E-state index in [0.717, 1.165) is 38.3 Å². The quantitative estimate of drug-likeness (QED) is 0.605. The summed E-state index contributed by atoms with van der Waals surface area (Å²) in [7, 11) is 1.79. The molecule has 1 aliphatic carbocycles. The zero-order valence-electron chi connectivity index (χ0n) is 15.9. The minimum Gasteiger partial charge on any atom is -0.354 e. The van der Waals surface area contributed by atoms with Gasteiger partial charge in [-0.15, -0.1) is 0 Å². The number of hydrogen-bond acceptors (Lipinski definition) is 2. The maximum atomic E-state index is 14.1. The van der Waals surface area contributed by atoms with Crippen LogP contribution in [0.4, 0.5) is 4.39 Å². The van der Waals surface area contributed by atoms with Crippen LogP contribution in [0, 0.1) is 11.7 Å². The first-order valence-electron chi connectivity index (χ1n) is 9.64. The van der Waals surface area contributed by atoms with Crippen molar-refractivity contribution < 1.29 is 4.39 Å². The first-order chi connectivity index (χ1) is 12.5. The maximum absolute atomic E-state index is 14.1. The summed E-state index contributed by atoms with van der Waals surface area (Å²) in [6, 6.07) is 5.52. The number of halogens is 2. The Morgan fingerprint density at radius 3 is 2.65 bits per heavy atom. The Morgan fingerprint density at radius 1 is 1.31 bits per heavy atom. The fourth-order valence-corrected chi connectivity index (χ4v) is 4.16. The SMILES string of the molecule is CN=C(NC1CCN(CC(C)C)CC1)NC1CC1c1c(F)cccc1Cl. The zero-order valence-corrected chi connectivity index (χ0v) is 16.7. The fourth-order valence-electron chi connectivity index (χ4n) is 3.85. The first kappa shape index (κ1) is 19.4. The van der Waals surface area contributed by atoms with Crippen LogP contribution in [0.2, 0.25) is 5.02 Å². The van der Waals surface area contributed by atoms with Crippen molar-refractivity contribution >= 4 is 17.6 Å². The predicted molar refractivity (Wildman–Crippen MR) is 106 cm³/mol. The molecule has 2 atom stereocenters. The Hall–Kier alpha value is -1.33. The lowest BCUT2D eigenvalue weighted by Gasteiger charge is -2.34. The summed E-state index contributed by atoms with van der Waals surface area (Å²) >= 11 is 6.19. The lowest BCUT2D eigenvalue weighted by atomic mass is 10.0. The van der Waals surface area contributed by atoms with Gasteiger partial charge in [0, 0.05) is 55.3 Å². The highest BCUT2D eigenvalue weighted by atomic mass is 35.5. The molecule has 144 valence electrons. The predicted octanol–water partition coefficient (Wildman–Crippen LogP) is 3.62. The van der Waals surface area contributed by atoms with E-state index < -0.39 is 0 Å². The van der Waals surface area contributed by atoms with Crippen molar-refractivity contribution in [1.82, 2.24) is 15.5 Å². The minimum atomic E-state index is -0.215. The third-order valence-electron chi connectivity index (χ3n) is 5.26. The summed E-state index contributed by atoms with van der Waals surface area (Å²) in [5, 5.41) is 7.49. The van der Waals surface area contributed by atoms with Crippen molar-refractivity contribution in [3.05, 3.63) is 34.6 Å². The Morgan fingerprint density at radius 2 is 2.04 bits per heavy atom. The molecule has 3 rings (SSSR count). The zero-order chi connectivity index (χ0) is 18.7. The van der Waals surface area contributed by atoms with E-state index in [2.05, 4.69) is 34.4 Å². The van der Waals surface area contributed by atoms with Gasteiger partial charge in [-0.25, -0.2) is 4.39 Å². The number of piperidine rings is 1. The summed E-state index contributed by atoms with van der Waals surface area (Å²) in [6.45, 7) is 7.97. The Bertz CT molecular complexity index is 620. The molecule has 0 spiro atoms. The van der Waals surface area contributed by atoms with Gasteiger partial charge in [-0.1, -0.05) is 31.5 Å². The highest BCUT2D eigenvalue weighted by molar-refractivity contribution is 6.31. The molecule has 0 bridgehead atoms. The van der Waals surface area contributed by atoms with Gasteiger partial charge in [0.25, 0.3) is 0 Å². The summed E-state index contributed by atoms with van der Waals surface area (Å²) in [4.78, 5) is 6.89. The van der Waals surface area contributed by atoms with Crippen molar-refractivity contribution in [1.29, 1.82) is 0 Å². The van der Waals surface area contributed by atoms with E-state index in [1.165, 1.54) is 12.6 Å². The Balaban J connectivity index is 1.48. The number of guanidine groups is 1. The molecule has 1 heterocycles. The van der Waals surface area contributed by atoms with Crippen LogP contribution >= 0.6 is 11.6 Å². The Labute approximate surface area is 161 Å². The highest BCUT2D eigenvalue weighted by Crippen LogP contribution is 2.44. The molecule has 1 aromatic rings. The van der Waals surface area contributed by atoms with Crippen LogP contribution in [-0.4, -0.2) is 49.6 Å². The molecule has 4 nitrogen and oxygen atoms in total. The van der Waals surface area contributed by atoms with Gasteiger partial charge >= 0.3 is 0 Å². The molecule has 0 amide bonds. The summed E-state index contributed by atoms with van der Waals surface area (Å²) in [5.41, 5.74) is 0.629. The van der Waals surface area contributed by atoms with E-state index in [1.54, 1.807) is 19.2 Å². The number of nitrogens with zero attached hydrogens (tertiary/aromatic N) is 2. The molecule has 1 saturated carbocycles. The van der Waals surface area contributed by atoms with E-state index in [1.807, 2.05) is 0 Å². The second-order valence-corrected chi connectivity index (χ2v) is 8.32. The highest BCUT2D eigenvalue weighted by Gasteiger charge is 2.42. The van der Waals surface area contributed by atoms with Gasteiger partial charge in [0.1, 0.15) is 5.82 Å². The van der Waals surface area contributed by atoms with Gasteiger partial charge in [0.15, 0.2) is 5.96 Å². The van der Waals surface area contributed by atoms with Gasteiger partial charge in [-0.2, -0.15) is 0 Å². The summed E-state index contributed by atoms with van der Waals surface area (Å²) < 4.78 is 14.1. The van der Waals surface area contributed by atoms with E-state index in [-0.39, 0.29) is 17.8 Å². The molecular weight excluding hydrogens is 351 g/mol. The average molecular weight is 381 g/mol. The molecule has 1 aromatic carbocycles. The number of benzene rings is 1. The molecule has 0 radical (unpaired) electrons. The number of nitrogens with one attached hydrogen (secondary N) is 2. The van der Waals surface area contributed by atoms with E-state index in [4.69, 9.17) is 11.6 Å². The van der Waals surface area contributed by atoms with Gasteiger partial charge in [-0.3, -0.25) is 4.99 Å². The third-order valence-corrected chi connectivity index (χ3v) is 5.59. The number of likely N-dealkylation sites (tertiary alicyclic amines) is 1. The van der Waals surface area contributed by atoms with Gasteiger partial charge in [0.2, 0.25) is 0 Å². The second kappa shape index (κ2) is 8.57. The monoisotopic (exact) mass is 380 g/mol. The van der Waals surface area contributed by atoms with Crippen molar-refractivity contribution in [3.8, 4) is 0 Å². The first-order valence-corrected chi connectivity index (χ1v) is 10.0. The third kappa shape index (κ3) is 4.89. The molecular formula is C20H30ClFN4. The molecule has 1 aliphatic heterocycles. The van der Waals surface area contributed by atoms with E-state index in [0.29, 0.717) is 22.5 Å². The van der Waals surface area contributed by atoms with Crippen molar-refractivity contribution in [2.24, 2.45) is 10.9 Å². The maximum Gasteiger partial charge on any atom is 0.191 e. The Kier molecular flexibility index (Phi) is 6.41. The molecule has 2 aliphatic rings. The molecule has 26 heavy (non-hydrogen) atoms. The molecule has 1 saturated heterocycles. The van der Waals surface area contributed by atoms with Crippen LogP contribution in [0.3, 0.4) is 0 Å². The van der Waals surface area contributed by atoms with Gasteiger partial charge in [-0.05, 0) is 37.3 Å². The normalized spacial score (nSPS) is 24.8. The van der Waals surface area contributed by atoms with Crippen LogP contribution in [-0.2, 0) is 0 Å². The van der Waals surface area contributed by atoms with Crippen molar-refractivity contribution in [2.45, 2.75) is 51.1 Å². The number of aliphatic imine (C=N–C) groups is 1. The summed E-state index contributed by atoms with van der Waals surface area (Å²) in [5.74, 6) is 1.43. The number of rotatable bonds is 5. The molecule has 6 heteroatoms. The largest absolute Gasteiger partial charge is 0.354 e. The molecule has 2 N–H and O–H groups in total. The average Bonchev–Trinajstić information content (AvgIpc) is 3.34. The van der Waals surface area contributed by atoms with Crippen LogP contribution in [0.15, 0.2) is 23.2 Å². The number of hydrogen-bond donors (Lipinski definition) is 2. The molecule has 0 aromatic heterocycles. The van der Waals surface area contributed by atoms with E-state index in [9.17, 15) is 4.39 Å². The second-order valence-electron chi connectivity index (χ2n) is 7.91. The van der Waals surface area contributed by atoms with Crippen LogP contribution in [0.1, 0.15) is 44.6 Å². The smallest absolute Gasteiger partial charge is 0.191 e. The van der Waals surface area contributed by atoms with Crippen LogP contribution < -0.4 is 10.6 Å². The molecule has 2 fully saturated rings. The van der Waals surface area contributed by atoms with Gasteiger partial charge < -0.3 is 15.5 Å². The van der Waals surface area contributed by atoms with Crippen molar-refractivity contribution in [2.75, 3.05) is 26.7 Å². The van der Waals surface area contributed by atoms with Crippen molar-refractivity contribution in [3.63, 3.8) is 0 Å². The van der Waals surface area contributed by atoms with E-state index >= 15 is 0 Å². The summed E-state index contributed by atoms with van der Waals surface area (Å²) in [6.07, 6.45) is 3.13. The molecule has 2 unspecified atom stereocenters. The standard InChI is InChI=1S/C20H30ClFN4/c1-13(2)12-26-9-7-14(8-10-26)24-20(23-3)25-18-11-15(18)19-16(21)5-4-6-17(19)22/h4-6,13-15,18H,7-12H2,1-3H3,(H2,23,24,25). The lowest BCUT2D eigenvalue weighted by molar-refractivity contribution is 0.187. The topological polar surface area (TPSA) is 39.7 Å². The fraction of sp³-hybridized carbons (Fsp3) is 0.650. The van der Waals surface area contributed by atoms with Crippen LogP contribution in [0.5, 0.6) is 0 Å².